The Morgan fingerprint density at radius 2 is 1.92 bits per heavy atom. The van der Waals surface area contributed by atoms with Crippen molar-refractivity contribution in [1.29, 1.82) is 0 Å². The number of aromatic nitrogens is 1. The Hall–Kier alpha value is -1.05. The van der Waals surface area contributed by atoms with E-state index in [1.807, 2.05) is 13.2 Å². The minimum absolute atomic E-state index is 0. The van der Waals surface area contributed by atoms with Gasteiger partial charge >= 0.3 is 0 Å². The molecule has 0 aromatic carbocycles. The molecular weight excluding hydrogens is 437 g/mol. The Morgan fingerprint density at radius 1 is 1.19 bits per heavy atom. The first-order valence-electron chi connectivity index (χ1n) is 9.89. The topological polar surface area (TPSA) is 52.6 Å². The maximum absolute atomic E-state index is 4.53. The summed E-state index contributed by atoms with van der Waals surface area (Å²) in [5.41, 5.74) is 1.72. The lowest BCUT2D eigenvalue weighted by Crippen LogP contribution is -2.42. The van der Waals surface area contributed by atoms with Gasteiger partial charge in [0, 0.05) is 39.4 Å². The van der Waals surface area contributed by atoms with E-state index in [1.165, 1.54) is 50.5 Å². The van der Waals surface area contributed by atoms with Crippen LogP contribution < -0.4 is 15.5 Å². The van der Waals surface area contributed by atoms with E-state index in [2.05, 4.69) is 44.6 Å². The van der Waals surface area contributed by atoms with Crippen LogP contribution in [0, 0.1) is 5.41 Å². The molecular formula is C20H34IN5. The molecule has 0 radical (unpaired) electrons. The molecule has 1 saturated carbocycles. The number of nitrogens with one attached hydrogen (secondary N) is 2. The van der Waals surface area contributed by atoms with Crippen molar-refractivity contribution in [3.05, 3.63) is 23.9 Å². The molecule has 0 bridgehead atoms. The van der Waals surface area contributed by atoms with Crippen LogP contribution in [0.4, 0.5) is 5.82 Å². The Morgan fingerprint density at radius 3 is 2.58 bits per heavy atom. The van der Waals surface area contributed by atoms with E-state index in [-0.39, 0.29) is 24.0 Å². The van der Waals surface area contributed by atoms with Gasteiger partial charge in [0.25, 0.3) is 0 Å². The van der Waals surface area contributed by atoms with Crippen molar-refractivity contribution >= 4 is 35.8 Å². The molecule has 0 amide bonds. The van der Waals surface area contributed by atoms with Crippen molar-refractivity contribution in [1.82, 2.24) is 15.6 Å². The van der Waals surface area contributed by atoms with Crippen LogP contribution >= 0.6 is 24.0 Å². The van der Waals surface area contributed by atoms with Crippen molar-refractivity contribution in [3.63, 3.8) is 0 Å². The van der Waals surface area contributed by atoms with Crippen LogP contribution in [-0.2, 0) is 6.54 Å². The first kappa shape index (κ1) is 21.3. The van der Waals surface area contributed by atoms with Crippen molar-refractivity contribution in [2.75, 3.05) is 31.6 Å². The summed E-state index contributed by atoms with van der Waals surface area (Å²) in [7, 11) is 1.85. The molecule has 0 unspecified atom stereocenters. The van der Waals surface area contributed by atoms with Crippen molar-refractivity contribution < 1.29 is 0 Å². The number of rotatable bonds is 6. The second-order valence-corrected chi connectivity index (χ2v) is 7.56. The summed E-state index contributed by atoms with van der Waals surface area (Å²) in [6.45, 7) is 6.39. The van der Waals surface area contributed by atoms with Crippen LogP contribution in [0.1, 0.15) is 57.4 Å². The minimum atomic E-state index is 0. The third-order valence-corrected chi connectivity index (χ3v) is 5.97. The van der Waals surface area contributed by atoms with Crippen molar-refractivity contribution in [3.8, 4) is 0 Å². The maximum atomic E-state index is 4.53. The second kappa shape index (κ2) is 10.3. The SMILES string of the molecule is CCC1(CNC(=NC)NCc2ccnc(N3CCCC3)c2)CCCC1.I. The molecule has 1 saturated heterocycles. The summed E-state index contributed by atoms with van der Waals surface area (Å²) >= 11 is 0. The smallest absolute Gasteiger partial charge is 0.191 e. The number of guanidine groups is 1. The third-order valence-electron chi connectivity index (χ3n) is 5.97. The predicted molar refractivity (Wildman–Crippen MR) is 120 cm³/mol. The molecule has 1 aliphatic carbocycles. The van der Waals surface area contributed by atoms with E-state index in [9.17, 15) is 0 Å². The zero-order valence-corrected chi connectivity index (χ0v) is 18.6. The molecule has 0 spiro atoms. The Kier molecular flexibility index (Phi) is 8.44. The summed E-state index contributed by atoms with van der Waals surface area (Å²) in [5, 5.41) is 7.02. The highest BCUT2D eigenvalue weighted by atomic mass is 127. The number of hydrogen-bond donors (Lipinski definition) is 2. The minimum Gasteiger partial charge on any atom is -0.357 e. The summed E-state index contributed by atoms with van der Waals surface area (Å²) in [6, 6.07) is 4.29. The molecule has 3 rings (SSSR count). The summed E-state index contributed by atoms with van der Waals surface area (Å²) < 4.78 is 0. The fourth-order valence-corrected chi connectivity index (χ4v) is 4.15. The van der Waals surface area contributed by atoms with Gasteiger partial charge in [0.15, 0.2) is 5.96 Å². The fraction of sp³-hybridized carbons (Fsp3) is 0.700. The van der Waals surface area contributed by atoms with Crippen LogP contribution in [0.2, 0.25) is 0 Å². The van der Waals surface area contributed by atoms with Gasteiger partial charge in [-0.3, -0.25) is 4.99 Å². The van der Waals surface area contributed by atoms with Crippen molar-refractivity contribution in [2.24, 2.45) is 10.4 Å². The molecule has 6 heteroatoms. The lowest BCUT2D eigenvalue weighted by atomic mass is 9.83. The normalized spacial score (nSPS) is 19.3. The molecule has 0 atom stereocenters. The van der Waals surface area contributed by atoms with E-state index >= 15 is 0 Å². The first-order valence-corrected chi connectivity index (χ1v) is 9.89. The molecule has 2 heterocycles. The van der Waals surface area contributed by atoms with Gasteiger partial charge in [-0.25, -0.2) is 4.98 Å². The molecule has 1 aromatic rings. The van der Waals surface area contributed by atoms with E-state index in [4.69, 9.17) is 0 Å². The molecule has 26 heavy (non-hydrogen) atoms. The highest BCUT2D eigenvalue weighted by molar-refractivity contribution is 14.0. The number of hydrogen-bond acceptors (Lipinski definition) is 3. The molecule has 5 nitrogen and oxygen atoms in total. The quantitative estimate of drug-likeness (QED) is 0.375. The lowest BCUT2D eigenvalue weighted by molar-refractivity contribution is 0.283. The number of aliphatic imine (C=N–C) groups is 1. The summed E-state index contributed by atoms with van der Waals surface area (Å²) in [6.07, 6.45) is 11.2. The van der Waals surface area contributed by atoms with Crippen LogP contribution in [0.3, 0.4) is 0 Å². The Labute approximate surface area is 175 Å². The lowest BCUT2D eigenvalue weighted by Gasteiger charge is -2.28. The van der Waals surface area contributed by atoms with Gasteiger partial charge in [0.2, 0.25) is 0 Å². The van der Waals surface area contributed by atoms with Gasteiger partial charge in [-0.1, -0.05) is 19.8 Å². The maximum Gasteiger partial charge on any atom is 0.191 e. The first-order chi connectivity index (χ1) is 12.2. The third kappa shape index (κ3) is 5.47. The van der Waals surface area contributed by atoms with E-state index in [1.54, 1.807) is 0 Å². The molecule has 1 aromatic heterocycles. The second-order valence-electron chi connectivity index (χ2n) is 7.56. The number of halogens is 1. The highest BCUT2D eigenvalue weighted by Gasteiger charge is 2.31. The molecule has 2 aliphatic rings. The average Bonchev–Trinajstić information content (AvgIpc) is 3.35. The van der Waals surface area contributed by atoms with Gasteiger partial charge in [-0.2, -0.15) is 0 Å². The zero-order valence-electron chi connectivity index (χ0n) is 16.3. The predicted octanol–water partition coefficient (Wildman–Crippen LogP) is 3.94. The molecule has 1 aliphatic heterocycles. The van der Waals surface area contributed by atoms with Crippen molar-refractivity contribution in [2.45, 2.75) is 58.4 Å². The van der Waals surface area contributed by atoms with Crippen LogP contribution in [0.25, 0.3) is 0 Å². The van der Waals surface area contributed by atoms with E-state index in [0.29, 0.717) is 5.41 Å². The average molecular weight is 471 g/mol. The van der Waals surface area contributed by atoms with Crippen LogP contribution in [-0.4, -0.2) is 37.6 Å². The van der Waals surface area contributed by atoms with Gasteiger partial charge in [-0.15, -0.1) is 24.0 Å². The van der Waals surface area contributed by atoms with Crippen LogP contribution in [0.5, 0.6) is 0 Å². The van der Waals surface area contributed by atoms with Gasteiger partial charge in [0.05, 0.1) is 0 Å². The van der Waals surface area contributed by atoms with Gasteiger partial charge in [-0.05, 0) is 55.2 Å². The zero-order chi connectivity index (χ0) is 17.5. The summed E-state index contributed by atoms with van der Waals surface area (Å²) in [4.78, 5) is 11.3. The number of pyridine rings is 1. The van der Waals surface area contributed by atoms with E-state index in [0.717, 1.165) is 38.0 Å². The van der Waals surface area contributed by atoms with Crippen LogP contribution in [0.15, 0.2) is 23.3 Å². The van der Waals surface area contributed by atoms with Gasteiger partial charge in [0.1, 0.15) is 5.82 Å². The molecule has 2 fully saturated rings. The standard InChI is InChI=1S/C20H33N5.HI/c1-3-20(9-4-5-10-20)16-24-19(21-2)23-15-17-8-11-22-18(14-17)25-12-6-7-13-25;/h8,11,14H,3-7,9-10,12-13,15-16H2,1-2H3,(H2,21,23,24);1H. The van der Waals surface area contributed by atoms with E-state index < -0.39 is 0 Å². The Balaban J connectivity index is 0.00000243. The summed E-state index contributed by atoms with van der Waals surface area (Å²) in [5.74, 6) is 2.01. The fourth-order valence-electron chi connectivity index (χ4n) is 4.15. The largest absolute Gasteiger partial charge is 0.357 e. The number of nitrogens with zero attached hydrogens (tertiary/aromatic N) is 3. The molecule has 146 valence electrons. The van der Waals surface area contributed by atoms with Gasteiger partial charge < -0.3 is 15.5 Å². The number of anilines is 1. The molecule has 2 N–H and O–H groups in total. The highest BCUT2D eigenvalue weighted by Crippen LogP contribution is 2.40. The Bertz CT molecular complexity index is 577. The monoisotopic (exact) mass is 471 g/mol.